The Kier molecular flexibility index (Phi) is 4.31. The summed E-state index contributed by atoms with van der Waals surface area (Å²) in [4.78, 5) is 3.24. The van der Waals surface area contributed by atoms with E-state index in [4.69, 9.17) is 0 Å². The van der Waals surface area contributed by atoms with Gasteiger partial charge >= 0.3 is 0 Å². The van der Waals surface area contributed by atoms with Gasteiger partial charge in [0.15, 0.2) is 0 Å². The first kappa shape index (κ1) is 13.7. The SMILES string of the molecule is CC(C)c1cccc(C(C)C)c1NCc1ccc[nH]1. The molecule has 2 aromatic rings. The third kappa shape index (κ3) is 3.19. The van der Waals surface area contributed by atoms with E-state index in [-0.39, 0.29) is 0 Å². The fourth-order valence-corrected chi connectivity index (χ4v) is 2.42. The maximum absolute atomic E-state index is 3.62. The monoisotopic (exact) mass is 256 g/mol. The second kappa shape index (κ2) is 5.96. The highest BCUT2D eigenvalue weighted by molar-refractivity contribution is 5.60. The smallest absolute Gasteiger partial charge is 0.0551 e. The molecule has 0 fully saturated rings. The van der Waals surface area contributed by atoms with Crippen molar-refractivity contribution >= 4 is 5.69 Å². The van der Waals surface area contributed by atoms with Crippen molar-refractivity contribution in [3.63, 3.8) is 0 Å². The molecule has 2 heteroatoms. The van der Waals surface area contributed by atoms with E-state index in [9.17, 15) is 0 Å². The molecule has 1 heterocycles. The summed E-state index contributed by atoms with van der Waals surface area (Å²) in [6.07, 6.45) is 1.97. The lowest BCUT2D eigenvalue weighted by Gasteiger charge is -2.20. The Morgan fingerprint density at radius 1 is 0.947 bits per heavy atom. The molecule has 1 aromatic carbocycles. The van der Waals surface area contributed by atoms with Crippen LogP contribution in [0.25, 0.3) is 0 Å². The number of H-pyrrole nitrogens is 1. The zero-order chi connectivity index (χ0) is 13.8. The minimum Gasteiger partial charge on any atom is -0.379 e. The second-order valence-corrected chi connectivity index (χ2v) is 5.67. The molecule has 0 atom stereocenters. The Bertz CT molecular complexity index is 484. The van der Waals surface area contributed by atoms with Crippen LogP contribution in [-0.2, 0) is 6.54 Å². The summed E-state index contributed by atoms with van der Waals surface area (Å²) in [5.74, 6) is 1.06. The van der Waals surface area contributed by atoms with E-state index in [0.717, 1.165) is 6.54 Å². The number of aromatic nitrogens is 1. The van der Waals surface area contributed by atoms with Gasteiger partial charge in [0.1, 0.15) is 0 Å². The van der Waals surface area contributed by atoms with Gasteiger partial charge in [-0.2, -0.15) is 0 Å². The lowest BCUT2D eigenvalue weighted by molar-refractivity contribution is 0.831. The summed E-state index contributed by atoms with van der Waals surface area (Å²) in [6.45, 7) is 9.84. The molecule has 0 spiro atoms. The van der Waals surface area contributed by atoms with Gasteiger partial charge in [-0.05, 0) is 35.1 Å². The Morgan fingerprint density at radius 2 is 1.58 bits per heavy atom. The van der Waals surface area contributed by atoms with Gasteiger partial charge in [-0.15, -0.1) is 0 Å². The maximum atomic E-state index is 3.62. The van der Waals surface area contributed by atoms with Crippen molar-refractivity contribution in [3.8, 4) is 0 Å². The zero-order valence-electron chi connectivity index (χ0n) is 12.3. The number of benzene rings is 1. The van der Waals surface area contributed by atoms with E-state index in [1.54, 1.807) is 0 Å². The fraction of sp³-hybridized carbons (Fsp3) is 0.412. The Hall–Kier alpha value is -1.70. The molecule has 102 valence electrons. The standard InChI is InChI=1S/C17H24N2/c1-12(2)15-8-5-9-16(13(3)4)17(15)19-11-14-7-6-10-18-14/h5-10,12-13,18-19H,11H2,1-4H3. The third-order valence-electron chi connectivity index (χ3n) is 3.49. The van der Waals surface area contributed by atoms with Gasteiger partial charge in [0.25, 0.3) is 0 Å². The van der Waals surface area contributed by atoms with Crippen LogP contribution in [0.2, 0.25) is 0 Å². The first-order valence-electron chi connectivity index (χ1n) is 7.08. The van der Waals surface area contributed by atoms with Crippen LogP contribution in [0.4, 0.5) is 5.69 Å². The van der Waals surface area contributed by atoms with Crippen molar-refractivity contribution in [2.45, 2.75) is 46.1 Å². The summed E-state index contributed by atoms with van der Waals surface area (Å²) in [5, 5.41) is 3.62. The maximum Gasteiger partial charge on any atom is 0.0551 e. The predicted octanol–water partition coefficient (Wildman–Crippen LogP) is 4.87. The normalized spacial score (nSPS) is 11.3. The van der Waals surface area contributed by atoms with Crippen molar-refractivity contribution in [2.75, 3.05) is 5.32 Å². The van der Waals surface area contributed by atoms with Crippen LogP contribution >= 0.6 is 0 Å². The summed E-state index contributed by atoms with van der Waals surface area (Å²) in [5.41, 5.74) is 5.32. The number of aromatic amines is 1. The molecule has 2 N–H and O–H groups in total. The van der Waals surface area contributed by atoms with Crippen molar-refractivity contribution in [3.05, 3.63) is 53.3 Å². The average Bonchev–Trinajstić information content (AvgIpc) is 2.88. The van der Waals surface area contributed by atoms with Crippen molar-refractivity contribution in [1.29, 1.82) is 0 Å². The van der Waals surface area contributed by atoms with E-state index in [1.165, 1.54) is 22.5 Å². The Labute approximate surface area is 116 Å². The van der Waals surface area contributed by atoms with Crippen LogP contribution in [0.15, 0.2) is 36.5 Å². The number of anilines is 1. The van der Waals surface area contributed by atoms with E-state index < -0.39 is 0 Å². The Morgan fingerprint density at radius 3 is 2.05 bits per heavy atom. The van der Waals surface area contributed by atoms with Gasteiger partial charge in [0.2, 0.25) is 0 Å². The van der Waals surface area contributed by atoms with Gasteiger partial charge in [-0.1, -0.05) is 45.9 Å². The molecular formula is C17H24N2. The lowest BCUT2D eigenvalue weighted by atomic mass is 9.92. The fourth-order valence-electron chi connectivity index (χ4n) is 2.42. The molecule has 0 aliphatic heterocycles. The van der Waals surface area contributed by atoms with Gasteiger partial charge in [-0.25, -0.2) is 0 Å². The molecule has 0 unspecified atom stereocenters. The van der Waals surface area contributed by atoms with Crippen LogP contribution in [0.3, 0.4) is 0 Å². The van der Waals surface area contributed by atoms with Gasteiger partial charge < -0.3 is 10.3 Å². The highest BCUT2D eigenvalue weighted by atomic mass is 14.9. The van der Waals surface area contributed by atoms with E-state index in [0.29, 0.717) is 11.8 Å². The quantitative estimate of drug-likeness (QED) is 0.784. The summed E-state index contributed by atoms with van der Waals surface area (Å²) in [6, 6.07) is 10.8. The molecule has 19 heavy (non-hydrogen) atoms. The molecule has 2 rings (SSSR count). The largest absolute Gasteiger partial charge is 0.379 e. The third-order valence-corrected chi connectivity index (χ3v) is 3.49. The number of nitrogens with one attached hydrogen (secondary N) is 2. The zero-order valence-corrected chi connectivity index (χ0v) is 12.3. The minimum absolute atomic E-state index is 0.532. The molecule has 2 nitrogen and oxygen atoms in total. The molecule has 0 aliphatic carbocycles. The van der Waals surface area contributed by atoms with Crippen molar-refractivity contribution in [1.82, 2.24) is 4.98 Å². The molecule has 1 aromatic heterocycles. The molecular weight excluding hydrogens is 232 g/mol. The predicted molar refractivity (Wildman–Crippen MR) is 82.7 cm³/mol. The lowest BCUT2D eigenvalue weighted by Crippen LogP contribution is -2.07. The summed E-state index contributed by atoms with van der Waals surface area (Å²) >= 11 is 0. The number of rotatable bonds is 5. The van der Waals surface area contributed by atoms with E-state index >= 15 is 0 Å². The Balaban J connectivity index is 2.29. The molecule has 0 saturated heterocycles. The van der Waals surface area contributed by atoms with Crippen LogP contribution < -0.4 is 5.32 Å². The molecule has 0 saturated carbocycles. The number of hydrogen-bond donors (Lipinski definition) is 2. The minimum atomic E-state index is 0.532. The van der Waals surface area contributed by atoms with Crippen molar-refractivity contribution in [2.24, 2.45) is 0 Å². The second-order valence-electron chi connectivity index (χ2n) is 5.67. The number of hydrogen-bond acceptors (Lipinski definition) is 1. The van der Waals surface area contributed by atoms with Gasteiger partial charge in [0.05, 0.1) is 6.54 Å². The highest BCUT2D eigenvalue weighted by Gasteiger charge is 2.13. The van der Waals surface area contributed by atoms with E-state index in [1.807, 2.05) is 12.3 Å². The first-order valence-corrected chi connectivity index (χ1v) is 7.08. The number of para-hydroxylation sites is 1. The molecule has 0 radical (unpaired) electrons. The van der Waals surface area contributed by atoms with Gasteiger partial charge in [0, 0.05) is 17.6 Å². The summed E-state index contributed by atoms with van der Waals surface area (Å²) in [7, 11) is 0. The topological polar surface area (TPSA) is 27.8 Å². The van der Waals surface area contributed by atoms with Crippen molar-refractivity contribution < 1.29 is 0 Å². The van der Waals surface area contributed by atoms with Crippen LogP contribution in [0.5, 0.6) is 0 Å². The average molecular weight is 256 g/mol. The van der Waals surface area contributed by atoms with Gasteiger partial charge in [-0.3, -0.25) is 0 Å². The van der Waals surface area contributed by atoms with Crippen LogP contribution in [0, 0.1) is 0 Å². The summed E-state index contributed by atoms with van der Waals surface area (Å²) < 4.78 is 0. The molecule has 0 amide bonds. The molecule has 0 aliphatic rings. The molecule has 0 bridgehead atoms. The highest BCUT2D eigenvalue weighted by Crippen LogP contribution is 2.32. The van der Waals surface area contributed by atoms with Crippen LogP contribution in [-0.4, -0.2) is 4.98 Å². The van der Waals surface area contributed by atoms with Crippen LogP contribution in [0.1, 0.15) is 56.4 Å². The van der Waals surface area contributed by atoms with E-state index in [2.05, 4.69) is 62.3 Å². The first-order chi connectivity index (χ1) is 9.09.